The fraction of sp³-hybridized carbons (Fsp3) is 0.222. The van der Waals surface area contributed by atoms with E-state index in [0.29, 0.717) is 0 Å². The van der Waals surface area contributed by atoms with Crippen LogP contribution < -0.4 is 5.32 Å². The van der Waals surface area contributed by atoms with Crippen LogP contribution in [0, 0.1) is 18.6 Å². The quantitative estimate of drug-likeness (QED) is 0.706. The molecular formula is C9H9F2NO3. The van der Waals surface area contributed by atoms with Crippen LogP contribution in [-0.2, 0) is 6.54 Å². The van der Waals surface area contributed by atoms with E-state index in [-0.39, 0.29) is 17.7 Å². The lowest BCUT2D eigenvalue weighted by atomic mass is 10.1. The molecule has 0 aliphatic carbocycles. The van der Waals surface area contributed by atoms with Crippen molar-refractivity contribution in [3.8, 4) is 5.75 Å². The van der Waals surface area contributed by atoms with Crippen molar-refractivity contribution in [2.45, 2.75) is 13.5 Å². The minimum Gasteiger partial charge on any atom is -0.503 e. The summed E-state index contributed by atoms with van der Waals surface area (Å²) in [6.45, 7) is 1.11. The highest BCUT2D eigenvalue weighted by Gasteiger charge is 2.14. The van der Waals surface area contributed by atoms with E-state index >= 15 is 0 Å². The highest BCUT2D eigenvalue weighted by Crippen LogP contribution is 2.25. The summed E-state index contributed by atoms with van der Waals surface area (Å²) in [5.41, 5.74) is 0.160. The second kappa shape index (κ2) is 4.12. The molecule has 1 aromatic rings. The van der Waals surface area contributed by atoms with Gasteiger partial charge in [0.25, 0.3) is 0 Å². The van der Waals surface area contributed by atoms with Gasteiger partial charge in [0, 0.05) is 6.54 Å². The van der Waals surface area contributed by atoms with Crippen LogP contribution in [0.1, 0.15) is 11.1 Å². The topological polar surface area (TPSA) is 69.6 Å². The van der Waals surface area contributed by atoms with Crippen LogP contribution in [-0.4, -0.2) is 16.3 Å². The largest absolute Gasteiger partial charge is 0.503 e. The van der Waals surface area contributed by atoms with Crippen molar-refractivity contribution in [1.82, 2.24) is 5.32 Å². The predicted octanol–water partition coefficient (Wildman–Crippen LogP) is 1.75. The minimum atomic E-state index is -1.29. The molecule has 0 atom stereocenters. The number of amides is 1. The van der Waals surface area contributed by atoms with E-state index in [0.717, 1.165) is 6.07 Å². The van der Waals surface area contributed by atoms with Crippen molar-refractivity contribution in [3.05, 3.63) is 28.8 Å². The van der Waals surface area contributed by atoms with Crippen LogP contribution >= 0.6 is 0 Å². The van der Waals surface area contributed by atoms with Gasteiger partial charge >= 0.3 is 6.09 Å². The Morgan fingerprint density at radius 1 is 1.53 bits per heavy atom. The lowest BCUT2D eigenvalue weighted by Gasteiger charge is -2.08. The maximum atomic E-state index is 13.1. The number of nitrogens with one attached hydrogen (secondary N) is 1. The molecule has 15 heavy (non-hydrogen) atoms. The number of hydrogen-bond donors (Lipinski definition) is 3. The summed E-state index contributed by atoms with van der Waals surface area (Å²) < 4.78 is 26.0. The minimum absolute atomic E-state index is 0.0163. The first kappa shape index (κ1) is 11.2. The van der Waals surface area contributed by atoms with E-state index < -0.39 is 23.5 Å². The Bertz CT molecular complexity index is 407. The molecule has 4 nitrogen and oxygen atoms in total. The van der Waals surface area contributed by atoms with Crippen LogP contribution in [0.2, 0.25) is 0 Å². The number of hydrogen-bond acceptors (Lipinski definition) is 2. The zero-order valence-corrected chi connectivity index (χ0v) is 7.84. The standard InChI is InChI=1S/C9H9F2NO3/c1-4-5(3-12-9(14)15)2-6(10)8(13)7(4)11/h2,12-13H,3H2,1H3,(H,14,15). The molecule has 82 valence electrons. The van der Waals surface area contributed by atoms with Gasteiger partial charge in [-0.1, -0.05) is 0 Å². The molecule has 1 aromatic carbocycles. The maximum absolute atomic E-state index is 13.1. The molecule has 0 bridgehead atoms. The third-order valence-electron chi connectivity index (χ3n) is 1.98. The second-order valence-electron chi connectivity index (χ2n) is 2.96. The van der Waals surface area contributed by atoms with E-state index in [1.165, 1.54) is 6.92 Å². The lowest BCUT2D eigenvalue weighted by Crippen LogP contribution is -2.20. The first-order valence-electron chi connectivity index (χ1n) is 4.06. The van der Waals surface area contributed by atoms with Gasteiger partial charge in [-0.3, -0.25) is 0 Å². The van der Waals surface area contributed by atoms with Crippen molar-refractivity contribution >= 4 is 6.09 Å². The molecule has 1 amide bonds. The Labute approximate surface area is 84.2 Å². The van der Waals surface area contributed by atoms with E-state index in [4.69, 9.17) is 10.2 Å². The average molecular weight is 217 g/mol. The molecule has 0 saturated heterocycles. The number of rotatable bonds is 2. The molecule has 0 spiro atoms. The first-order valence-corrected chi connectivity index (χ1v) is 4.06. The van der Waals surface area contributed by atoms with Gasteiger partial charge in [-0.15, -0.1) is 0 Å². The molecule has 0 aliphatic rings. The Balaban J connectivity index is 3.04. The summed E-state index contributed by atoms with van der Waals surface area (Å²) in [4.78, 5) is 10.2. The second-order valence-corrected chi connectivity index (χ2v) is 2.96. The van der Waals surface area contributed by atoms with E-state index in [9.17, 15) is 13.6 Å². The van der Waals surface area contributed by atoms with Gasteiger partial charge in [-0.2, -0.15) is 0 Å². The number of halogens is 2. The van der Waals surface area contributed by atoms with Crippen LogP contribution in [0.25, 0.3) is 0 Å². The van der Waals surface area contributed by atoms with E-state index in [1.54, 1.807) is 0 Å². The molecule has 3 N–H and O–H groups in total. The lowest BCUT2D eigenvalue weighted by molar-refractivity contribution is 0.194. The Hall–Kier alpha value is -1.85. The fourth-order valence-corrected chi connectivity index (χ4v) is 1.11. The summed E-state index contributed by atoms with van der Waals surface area (Å²) in [6, 6.07) is 0.893. The normalized spacial score (nSPS) is 10.1. The SMILES string of the molecule is Cc1c(CNC(=O)O)cc(F)c(O)c1F. The highest BCUT2D eigenvalue weighted by atomic mass is 19.1. The molecule has 1 rings (SSSR count). The van der Waals surface area contributed by atoms with Gasteiger partial charge in [-0.05, 0) is 24.1 Å². The van der Waals surface area contributed by atoms with Gasteiger partial charge < -0.3 is 15.5 Å². The van der Waals surface area contributed by atoms with Crippen molar-refractivity contribution < 1.29 is 23.8 Å². The Morgan fingerprint density at radius 2 is 2.13 bits per heavy atom. The fourth-order valence-electron chi connectivity index (χ4n) is 1.11. The van der Waals surface area contributed by atoms with Crippen LogP contribution in [0.3, 0.4) is 0 Å². The van der Waals surface area contributed by atoms with Gasteiger partial charge in [0.1, 0.15) is 0 Å². The van der Waals surface area contributed by atoms with E-state index in [2.05, 4.69) is 0 Å². The summed E-state index contributed by atoms with van der Waals surface area (Å²) in [5, 5.41) is 19.2. The first-order chi connectivity index (χ1) is 6.93. The number of carboxylic acid groups (broad SMARTS) is 1. The molecule has 0 saturated carbocycles. The molecular weight excluding hydrogens is 208 g/mol. The van der Waals surface area contributed by atoms with Crippen molar-refractivity contribution in [3.63, 3.8) is 0 Å². The van der Waals surface area contributed by atoms with Crippen LogP contribution in [0.5, 0.6) is 5.75 Å². The number of benzene rings is 1. The molecule has 0 fully saturated rings. The Kier molecular flexibility index (Phi) is 3.08. The summed E-state index contributed by atoms with van der Waals surface area (Å²) in [7, 11) is 0. The van der Waals surface area contributed by atoms with Crippen molar-refractivity contribution in [2.24, 2.45) is 0 Å². The average Bonchev–Trinajstić information content (AvgIpc) is 2.18. The smallest absolute Gasteiger partial charge is 0.404 e. The molecule has 0 aromatic heterocycles. The highest BCUT2D eigenvalue weighted by molar-refractivity contribution is 5.64. The van der Waals surface area contributed by atoms with Crippen molar-refractivity contribution in [1.29, 1.82) is 0 Å². The van der Waals surface area contributed by atoms with Crippen LogP contribution in [0.15, 0.2) is 6.07 Å². The van der Waals surface area contributed by atoms with Gasteiger partial charge in [0.15, 0.2) is 17.4 Å². The molecule has 0 aliphatic heterocycles. The number of carbonyl (C=O) groups is 1. The zero-order chi connectivity index (χ0) is 11.6. The molecule has 0 unspecified atom stereocenters. The zero-order valence-electron chi connectivity index (χ0n) is 7.84. The summed E-state index contributed by atoms with van der Waals surface area (Å²) >= 11 is 0. The maximum Gasteiger partial charge on any atom is 0.404 e. The molecule has 0 heterocycles. The van der Waals surface area contributed by atoms with Crippen LogP contribution in [0.4, 0.5) is 13.6 Å². The summed E-state index contributed by atoms with van der Waals surface area (Å²) in [6.07, 6.45) is -1.29. The van der Waals surface area contributed by atoms with Gasteiger partial charge in [0.2, 0.25) is 0 Å². The Morgan fingerprint density at radius 3 is 2.67 bits per heavy atom. The van der Waals surface area contributed by atoms with E-state index in [1.807, 2.05) is 5.32 Å². The number of phenolic OH excluding ortho intramolecular Hbond substituents is 1. The van der Waals surface area contributed by atoms with Crippen molar-refractivity contribution in [2.75, 3.05) is 0 Å². The number of aromatic hydroxyl groups is 1. The third kappa shape index (κ3) is 2.34. The number of phenols is 1. The molecule has 0 radical (unpaired) electrons. The van der Waals surface area contributed by atoms with Gasteiger partial charge in [-0.25, -0.2) is 13.6 Å². The van der Waals surface area contributed by atoms with Gasteiger partial charge in [0.05, 0.1) is 0 Å². The molecule has 6 heteroatoms. The predicted molar refractivity (Wildman–Crippen MR) is 47.6 cm³/mol. The monoisotopic (exact) mass is 217 g/mol. The third-order valence-corrected chi connectivity index (χ3v) is 1.98. The summed E-state index contributed by atoms with van der Waals surface area (Å²) in [5.74, 6) is -3.23.